The van der Waals surface area contributed by atoms with E-state index in [1.54, 1.807) is 4.57 Å². The van der Waals surface area contributed by atoms with Crippen molar-refractivity contribution in [3.05, 3.63) is 69.2 Å². The molecule has 0 unspecified atom stereocenters. The van der Waals surface area contributed by atoms with E-state index in [1.807, 2.05) is 49.4 Å². The van der Waals surface area contributed by atoms with Crippen molar-refractivity contribution in [3.63, 3.8) is 0 Å². The number of amides is 1. The van der Waals surface area contributed by atoms with Gasteiger partial charge in [0.05, 0.1) is 11.6 Å². The van der Waals surface area contributed by atoms with Crippen molar-refractivity contribution >= 4 is 50.4 Å². The lowest BCUT2D eigenvalue weighted by Gasteiger charge is -2.12. The molecule has 3 aromatic heterocycles. The van der Waals surface area contributed by atoms with E-state index in [4.69, 9.17) is 16.0 Å². The van der Waals surface area contributed by atoms with Crippen LogP contribution in [0.5, 0.6) is 0 Å². The van der Waals surface area contributed by atoms with Crippen LogP contribution in [0.3, 0.4) is 0 Å². The molecule has 5 rings (SSSR count). The number of halogens is 2. The minimum Gasteiger partial charge on any atom is -0.468 e. The Morgan fingerprint density at radius 3 is 2.71 bits per heavy atom. The topological polar surface area (TPSA) is 141 Å². The highest BCUT2D eigenvalue weighted by Gasteiger charge is 2.23. The molecule has 0 atom stereocenters. The molecule has 0 aliphatic rings. The number of benzene rings is 2. The monoisotopic (exact) mass is 597 g/mol. The summed E-state index contributed by atoms with van der Waals surface area (Å²) in [7, 11) is 1.25. The van der Waals surface area contributed by atoms with E-state index < -0.39 is 11.9 Å². The maximum Gasteiger partial charge on any atom is 0.325 e. The van der Waals surface area contributed by atoms with Gasteiger partial charge in [-0.1, -0.05) is 48.9 Å². The van der Waals surface area contributed by atoms with Crippen molar-refractivity contribution in [2.24, 2.45) is 0 Å². The number of ether oxygens (including phenoxy) is 1. The fraction of sp³-hybridized carbons (Fsp3) is 0.200. The van der Waals surface area contributed by atoms with Crippen molar-refractivity contribution in [2.75, 3.05) is 13.7 Å². The number of aryl methyl sites for hydroxylation is 1. The van der Waals surface area contributed by atoms with Crippen LogP contribution < -0.4 is 5.32 Å². The summed E-state index contributed by atoms with van der Waals surface area (Å²) in [5, 5.41) is 17.8. The average molecular weight is 599 g/mol. The molecule has 2 aromatic carbocycles. The van der Waals surface area contributed by atoms with Crippen LogP contribution >= 0.6 is 27.5 Å². The van der Waals surface area contributed by atoms with E-state index in [0.717, 1.165) is 26.5 Å². The minimum atomic E-state index is -0.566. The zero-order valence-electron chi connectivity index (χ0n) is 20.3. The number of carbonyl (C=O) groups excluding carboxylic acids is 2. The summed E-state index contributed by atoms with van der Waals surface area (Å²) in [6.07, 6.45) is 0.554. The third-order valence-corrected chi connectivity index (χ3v) is 7.00. The molecule has 11 nitrogen and oxygen atoms in total. The van der Waals surface area contributed by atoms with E-state index >= 15 is 0 Å². The normalized spacial score (nSPS) is 11.2. The number of nitrogens with one attached hydrogen (secondary N) is 2. The first-order valence-corrected chi connectivity index (χ1v) is 12.7. The Labute approximate surface area is 229 Å². The first-order valence-electron chi connectivity index (χ1n) is 11.5. The average Bonchev–Trinajstić information content (AvgIpc) is 3.65. The number of fused-ring (bicyclic) bond motifs is 1. The highest BCUT2D eigenvalue weighted by molar-refractivity contribution is 9.10. The number of furan rings is 1. The Kier molecular flexibility index (Phi) is 7.25. The fourth-order valence-corrected chi connectivity index (χ4v) is 5.04. The molecule has 0 aliphatic carbocycles. The highest BCUT2D eigenvalue weighted by atomic mass is 79.9. The van der Waals surface area contributed by atoms with Crippen LogP contribution in [0.25, 0.3) is 33.7 Å². The minimum absolute atomic E-state index is 0.0649. The molecule has 0 saturated carbocycles. The number of carbonyl (C=O) groups is 2. The molecule has 0 saturated heterocycles. The SMILES string of the molecule is CCc1nc(Cl)c(C(=O)NCC(=O)OC)n1Cc1ccc2oc(-c3ccccc3-c3nn[nH]n3)c(Br)c2c1. The summed E-state index contributed by atoms with van der Waals surface area (Å²) in [6.45, 7) is 1.97. The molecule has 3 heterocycles. The number of hydrogen-bond donors (Lipinski definition) is 2. The number of aromatic amines is 1. The predicted octanol–water partition coefficient (Wildman–Crippen LogP) is 4.41. The number of esters is 1. The zero-order chi connectivity index (χ0) is 26.8. The van der Waals surface area contributed by atoms with E-state index in [9.17, 15) is 9.59 Å². The molecule has 194 valence electrons. The highest BCUT2D eigenvalue weighted by Crippen LogP contribution is 2.41. The zero-order valence-corrected chi connectivity index (χ0v) is 22.6. The lowest BCUT2D eigenvalue weighted by atomic mass is 10.0. The standard InChI is InChI=1S/C25H21BrClN7O4/c1-3-18-29-23(27)21(25(36)28-11-19(35)37-2)34(18)12-13-8-9-17-16(10-13)20(26)22(38-17)14-6-4-5-7-15(14)24-30-32-33-31-24/h4-10H,3,11-12H2,1-2H3,(H,28,36)(H,30,31,32,33). The van der Waals surface area contributed by atoms with E-state index in [0.29, 0.717) is 36.0 Å². The summed E-state index contributed by atoms with van der Waals surface area (Å²) in [4.78, 5) is 28.7. The number of hydrogen-bond acceptors (Lipinski definition) is 8. The van der Waals surface area contributed by atoms with Gasteiger partial charge in [0.1, 0.15) is 29.4 Å². The van der Waals surface area contributed by atoms with Crippen molar-refractivity contribution in [3.8, 4) is 22.7 Å². The Morgan fingerprint density at radius 1 is 1.21 bits per heavy atom. The third-order valence-electron chi connectivity index (χ3n) is 5.95. The number of tetrazole rings is 1. The second-order valence-electron chi connectivity index (χ2n) is 8.22. The van der Waals surface area contributed by atoms with Crippen LogP contribution in [0, 0.1) is 0 Å². The van der Waals surface area contributed by atoms with Gasteiger partial charge < -0.3 is 19.0 Å². The van der Waals surface area contributed by atoms with Crippen molar-refractivity contribution in [1.82, 2.24) is 35.5 Å². The lowest BCUT2D eigenvalue weighted by molar-refractivity contribution is -0.139. The predicted molar refractivity (Wildman–Crippen MR) is 143 cm³/mol. The largest absolute Gasteiger partial charge is 0.468 e. The lowest BCUT2D eigenvalue weighted by Crippen LogP contribution is -2.32. The maximum absolute atomic E-state index is 12.9. The molecular weight excluding hydrogens is 578 g/mol. The van der Waals surface area contributed by atoms with Gasteiger partial charge in [-0.25, -0.2) is 4.98 Å². The summed E-state index contributed by atoms with van der Waals surface area (Å²) >= 11 is 10.0. The number of methoxy groups -OCH3 is 1. The molecule has 0 radical (unpaired) electrons. The molecule has 0 fully saturated rings. The van der Waals surface area contributed by atoms with Crippen LogP contribution in [-0.4, -0.2) is 55.7 Å². The van der Waals surface area contributed by atoms with Crippen LogP contribution in [0.15, 0.2) is 51.4 Å². The third kappa shape index (κ3) is 4.79. The first-order chi connectivity index (χ1) is 18.4. The van der Waals surface area contributed by atoms with Crippen LogP contribution in [0.4, 0.5) is 0 Å². The molecule has 13 heteroatoms. The Hall–Kier alpha value is -4.03. The number of H-pyrrole nitrogens is 1. The fourth-order valence-electron chi connectivity index (χ4n) is 4.15. The maximum atomic E-state index is 12.9. The summed E-state index contributed by atoms with van der Waals surface area (Å²) in [5.41, 5.74) is 3.31. The van der Waals surface area contributed by atoms with Gasteiger partial charge in [0.15, 0.2) is 5.15 Å². The molecule has 0 spiro atoms. The second kappa shape index (κ2) is 10.8. The van der Waals surface area contributed by atoms with Crippen LogP contribution in [-0.2, 0) is 22.5 Å². The van der Waals surface area contributed by atoms with Gasteiger partial charge in [-0.3, -0.25) is 9.59 Å². The summed E-state index contributed by atoms with van der Waals surface area (Å²) < 4.78 is 13.3. The van der Waals surface area contributed by atoms with Gasteiger partial charge in [0.25, 0.3) is 5.91 Å². The van der Waals surface area contributed by atoms with Gasteiger partial charge in [0.2, 0.25) is 5.82 Å². The molecule has 1 amide bonds. The number of aromatic nitrogens is 6. The van der Waals surface area contributed by atoms with Crippen LogP contribution in [0.2, 0.25) is 5.15 Å². The van der Waals surface area contributed by atoms with Crippen molar-refractivity contribution < 1.29 is 18.7 Å². The Morgan fingerprint density at radius 2 is 2.00 bits per heavy atom. The van der Waals surface area contributed by atoms with Crippen molar-refractivity contribution in [1.29, 1.82) is 0 Å². The molecule has 2 N–H and O–H groups in total. The van der Waals surface area contributed by atoms with Gasteiger partial charge in [0, 0.05) is 29.5 Å². The second-order valence-corrected chi connectivity index (χ2v) is 9.37. The summed E-state index contributed by atoms with van der Waals surface area (Å²) in [6, 6.07) is 13.4. The molecule has 0 bridgehead atoms. The number of rotatable bonds is 8. The summed E-state index contributed by atoms with van der Waals surface area (Å²) in [5.74, 6) is 0.636. The van der Waals surface area contributed by atoms with E-state index in [1.165, 1.54) is 7.11 Å². The first kappa shape index (κ1) is 25.6. The van der Waals surface area contributed by atoms with Crippen molar-refractivity contribution in [2.45, 2.75) is 19.9 Å². The Bertz CT molecular complexity index is 1650. The molecule has 5 aromatic rings. The number of nitrogens with zero attached hydrogens (tertiary/aromatic N) is 5. The van der Waals surface area contributed by atoms with E-state index in [2.05, 4.69) is 51.6 Å². The smallest absolute Gasteiger partial charge is 0.325 e. The molecule has 38 heavy (non-hydrogen) atoms. The quantitative estimate of drug-likeness (QED) is 0.250. The van der Waals surface area contributed by atoms with Gasteiger partial charge >= 0.3 is 5.97 Å². The Balaban J connectivity index is 1.51. The van der Waals surface area contributed by atoms with Gasteiger partial charge in [-0.2, -0.15) is 5.21 Å². The van der Waals surface area contributed by atoms with Gasteiger partial charge in [-0.15, -0.1) is 10.2 Å². The van der Waals surface area contributed by atoms with E-state index in [-0.39, 0.29) is 17.4 Å². The number of imidazole rings is 1. The van der Waals surface area contributed by atoms with Gasteiger partial charge in [-0.05, 0) is 38.8 Å². The molecule has 0 aliphatic heterocycles. The molecular formula is C25H21BrClN7O4. The van der Waals surface area contributed by atoms with Crippen LogP contribution in [0.1, 0.15) is 28.8 Å².